The van der Waals surface area contributed by atoms with Crippen molar-refractivity contribution in [1.29, 1.82) is 0 Å². The lowest BCUT2D eigenvalue weighted by atomic mass is 10.1. The summed E-state index contributed by atoms with van der Waals surface area (Å²) in [5, 5.41) is 0.0291. The van der Waals surface area contributed by atoms with Crippen LogP contribution in [0.2, 0.25) is 0 Å². The van der Waals surface area contributed by atoms with Crippen molar-refractivity contribution in [2.45, 2.75) is 24.5 Å². The Hall–Kier alpha value is 0.267. The number of thiol groups is 1. The van der Waals surface area contributed by atoms with Gasteiger partial charge in [-0.05, 0) is 19.3 Å². The van der Waals surface area contributed by atoms with Gasteiger partial charge in [0.05, 0.1) is 5.22 Å². The summed E-state index contributed by atoms with van der Waals surface area (Å²) in [7, 11) is -0.384. The van der Waals surface area contributed by atoms with Gasteiger partial charge in [0.2, 0.25) is 0 Å². The van der Waals surface area contributed by atoms with Crippen molar-refractivity contribution in [3.8, 4) is 0 Å². The van der Waals surface area contributed by atoms with Gasteiger partial charge in [-0.1, -0.05) is 6.08 Å². The molecule has 0 aromatic rings. The van der Waals surface area contributed by atoms with E-state index in [0.717, 1.165) is 13.0 Å². The van der Waals surface area contributed by atoms with Gasteiger partial charge in [0.15, 0.2) is 0 Å². The molecule has 1 aliphatic heterocycles. The highest BCUT2D eigenvalue weighted by atomic mass is 32.3. The second kappa shape index (κ2) is 3.60. The first-order chi connectivity index (χ1) is 4.83. The summed E-state index contributed by atoms with van der Waals surface area (Å²) in [6.45, 7) is 4.69. The molecule has 1 heterocycles. The molecule has 0 bridgehead atoms. The molecule has 0 amide bonds. The standard InChI is InChI=1S/C7H14OSSi/c1-2-7(10-9)5-3-4-6-8-7/h2,9H,1,3-6,10H2. The number of ether oxygens (including phenoxy) is 1. The highest BCUT2D eigenvalue weighted by molar-refractivity contribution is 8.07. The minimum atomic E-state index is -0.384. The average molecular weight is 174 g/mol. The first-order valence-electron chi connectivity index (χ1n) is 3.71. The zero-order valence-electron chi connectivity index (χ0n) is 6.18. The van der Waals surface area contributed by atoms with Crippen LogP contribution in [0.4, 0.5) is 0 Å². The monoisotopic (exact) mass is 174 g/mol. The molecule has 10 heavy (non-hydrogen) atoms. The van der Waals surface area contributed by atoms with Crippen molar-refractivity contribution < 1.29 is 4.74 Å². The molecule has 0 spiro atoms. The van der Waals surface area contributed by atoms with Crippen molar-refractivity contribution in [3.05, 3.63) is 12.7 Å². The van der Waals surface area contributed by atoms with Crippen molar-refractivity contribution in [3.63, 3.8) is 0 Å². The van der Waals surface area contributed by atoms with Crippen LogP contribution < -0.4 is 0 Å². The van der Waals surface area contributed by atoms with Gasteiger partial charge >= 0.3 is 0 Å². The van der Waals surface area contributed by atoms with Gasteiger partial charge in [0, 0.05) is 6.61 Å². The predicted octanol–water partition coefficient (Wildman–Crippen LogP) is 1.08. The van der Waals surface area contributed by atoms with Gasteiger partial charge in [-0.2, -0.15) is 0 Å². The molecule has 0 aliphatic carbocycles. The molecule has 0 radical (unpaired) electrons. The van der Waals surface area contributed by atoms with Crippen LogP contribution in [-0.4, -0.2) is 20.5 Å². The molecule has 1 saturated heterocycles. The number of hydrogen-bond donors (Lipinski definition) is 1. The largest absolute Gasteiger partial charge is 0.374 e. The molecule has 0 aromatic carbocycles. The molecular formula is C7H14OSSi. The van der Waals surface area contributed by atoms with E-state index in [9.17, 15) is 0 Å². The molecular weight excluding hydrogens is 160 g/mol. The predicted molar refractivity (Wildman–Crippen MR) is 50.3 cm³/mol. The maximum Gasteiger partial charge on any atom is 0.123 e. The van der Waals surface area contributed by atoms with E-state index in [4.69, 9.17) is 4.74 Å². The van der Waals surface area contributed by atoms with Crippen LogP contribution in [0.1, 0.15) is 19.3 Å². The van der Waals surface area contributed by atoms with E-state index in [1.54, 1.807) is 0 Å². The van der Waals surface area contributed by atoms with E-state index < -0.39 is 0 Å². The highest BCUT2D eigenvalue weighted by Crippen LogP contribution is 2.25. The molecule has 1 atom stereocenters. The lowest BCUT2D eigenvalue weighted by Gasteiger charge is -2.32. The van der Waals surface area contributed by atoms with Crippen molar-refractivity contribution in [1.82, 2.24) is 0 Å². The van der Waals surface area contributed by atoms with E-state index in [1.165, 1.54) is 12.8 Å². The Morgan fingerprint density at radius 1 is 1.60 bits per heavy atom. The molecule has 0 aromatic heterocycles. The molecule has 0 saturated carbocycles. The van der Waals surface area contributed by atoms with Crippen LogP contribution in [-0.2, 0) is 4.74 Å². The quantitative estimate of drug-likeness (QED) is 0.374. The Morgan fingerprint density at radius 3 is 2.70 bits per heavy atom. The lowest BCUT2D eigenvalue weighted by Crippen LogP contribution is -2.37. The third-order valence-corrected chi connectivity index (χ3v) is 5.01. The fraction of sp³-hybridized carbons (Fsp3) is 0.714. The molecule has 1 rings (SSSR count). The lowest BCUT2D eigenvalue weighted by molar-refractivity contribution is 0.0148. The topological polar surface area (TPSA) is 9.23 Å². The minimum Gasteiger partial charge on any atom is -0.374 e. The van der Waals surface area contributed by atoms with E-state index in [1.807, 2.05) is 6.08 Å². The number of rotatable bonds is 2. The van der Waals surface area contributed by atoms with Crippen LogP contribution in [0.3, 0.4) is 0 Å². The Bertz CT molecular complexity index is 121. The van der Waals surface area contributed by atoms with Crippen LogP contribution >= 0.6 is 12.1 Å². The summed E-state index contributed by atoms with van der Waals surface area (Å²) in [5.41, 5.74) is 0. The van der Waals surface area contributed by atoms with Crippen molar-refractivity contribution in [2.24, 2.45) is 0 Å². The normalized spacial score (nSPS) is 34.9. The Morgan fingerprint density at radius 2 is 2.40 bits per heavy atom. The molecule has 1 aliphatic rings. The van der Waals surface area contributed by atoms with Crippen LogP contribution in [0.5, 0.6) is 0 Å². The summed E-state index contributed by atoms with van der Waals surface area (Å²) in [6, 6.07) is 0. The summed E-state index contributed by atoms with van der Waals surface area (Å²) in [4.78, 5) is 0. The van der Waals surface area contributed by atoms with E-state index in [0.29, 0.717) is 0 Å². The molecule has 58 valence electrons. The van der Waals surface area contributed by atoms with Crippen LogP contribution in [0.15, 0.2) is 12.7 Å². The van der Waals surface area contributed by atoms with Gasteiger partial charge in [-0.15, -0.1) is 6.58 Å². The molecule has 1 unspecified atom stereocenters. The summed E-state index contributed by atoms with van der Waals surface area (Å²) >= 11 is 4.37. The van der Waals surface area contributed by atoms with Gasteiger partial charge < -0.3 is 4.74 Å². The van der Waals surface area contributed by atoms with Gasteiger partial charge in [-0.25, -0.2) is 12.1 Å². The molecule has 1 nitrogen and oxygen atoms in total. The zero-order valence-corrected chi connectivity index (χ0v) is 8.48. The second-order valence-electron chi connectivity index (χ2n) is 2.73. The fourth-order valence-electron chi connectivity index (χ4n) is 1.22. The van der Waals surface area contributed by atoms with Crippen LogP contribution in [0.25, 0.3) is 0 Å². The maximum atomic E-state index is 5.63. The Balaban J connectivity index is 2.52. The summed E-state index contributed by atoms with van der Waals surface area (Å²) in [5.74, 6) is 0. The van der Waals surface area contributed by atoms with E-state index >= 15 is 0 Å². The summed E-state index contributed by atoms with van der Waals surface area (Å²) in [6.07, 6.45) is 5.58. The minimum absolute atomic E-state index is 0.0291. The Kier molecular flexibility index (Phi) is 3.01. The molecule has 1 fully saturated rings. The smallest absolute Gasteiger partial charge is 0.123 e. The third kappa shape index (κ3) is 1.65. The van der Waals surface area contributed by atoms with Gasteiger partial charge in [-0.3, -0.25) is 0 Å². The zero-order chi connectivity index (χ0) is 7.45. The van der Waals surface area contributed by atoms with Crippen molar-refractivity contribution in [2.75, 3.05) is 6.61 Å². The van der Waals surface area contributed by atoms with Crippen LogP contribution in [0, 0.1) is 0 Å². The molecule has 0 N–H and O–H groups in total. The first-order valence-corrected chi connectivity index (χ1v) is 6.95. The summed E-state index contributed by atoms with van der Waals surface area (Å²) < 4.78 is 5.63. The third-order valence-electron chi connectivity index (χ3n) is 2.02. The second-order valence-corrected chi connectivity index (χ2v) is 5.19. The van der Waals surface area contributed by atoms with Crippen molar-refractivity contribution >= 4 is 20.7 Å². The molecule has 3 heteroatoms. The average Bonchev–Trinajstić information content (AvgIpc) is 2.06. The van der Waals surface area contributed by atoms with E-state index in [2.05, 4.69) is 18.7 Å². The SMILES string of the molecule is C=CC1([SiH2]S)CCCCO1. The highest BCUT2D eigenvalue weighted by Gasteiger charge is 2.28. The maximum absolute atomic E-state index is 5.63. The fourth-order valence-corrected chi connectivity index (χ4v) is 3.13. The van der Waals surface area contributed by atoms with Gasteiger partial charge in [0.25, 0.3) is 0 Å². The first kappa shape index (κ1) is 8.36. The van der Waals surface area contributed by atoms with E-state index in [-0.39, 0.29) is 13.9 Å². The van der Waals surface area contributed by atoms with Gasteiger partial charge in [0.1, 0.15) is 8.67 Å². The Labute approximate surface area is 69.7 Å². The number of hydrogen-bond acceptors (Lipinski definition) is 2.